The summed E-state index contributed by atoms with van der Waals surface area (Å²) in [5, 5.41) is 20.7. The highest BCUT2D eigenvalue weighted by molar-refractivity contribution is 6.36. The summed E-state index contributed by atoms with van der Waals surface area (Å²) < 4.78 is 12.4. The quantitative estimate of drug-likeness (QED) is 0.0791. The number of hydrogen-bond donors (Lipinski definition) is 3. The van der Waals surface area contributed by atoms with E-state index in [0.717, 1.165) is 64.0 Å². The van der Waals surface area contributed by atoms with Crippen molar-refractivity contribution in [2.45, 2.75) is 76.3 Å². The van der Waals surface area contributed by atoms with E-state index in [9.17, 15) is 29.2 Å². The van der Waals surface area contributed by atoms with Gasteiger partial charge in [0.2, 0.25) is 11.8 Å². The molecule has 0 saturated carbocycles. The summed E-state index contributed by atoms with van der Waals surface area (Å²) in [5.74, 6) is -0.510. The Labute approximate surface area is 438 Å². The summed E-state index contributed by atoms with van der Waals surface area (Å²) in [6, 6.07) is 23.3. The molecule has 3 atom stereocenters. The van der Waals surface area contributed by atoms with Gasteiger partial charge in [-0.25, -0.2) is 4.79 Å². The molecule has 0 aliphatic carbocycles. The number of rotatable bonds is 14. The monoisotopic (exact) mass is 1040 g/mol. The van der Waals surface area contributed by atoms with E-state index in [0.29, 0.717) is 62.3 Å². The fraction of sp³-hybridized carbons (Fsp3) is 0.370. The molecule has 1 unspecified atom stereocenters. The summed E-state index contributed by atoms with van der Waals surface area (Å²) in [4.78, 5) is 84.4. The number of nitrogens with one attached hydrogen (secondary N) is 3. The predicted octanol–water partition coefficient (Wildman–Crippen LogP) is 6.62. The van der Waals surface area contributed by atoms with E-state index in [1.165, 1.54) is 4.90 Å². The Morgan fingerprint density at radius 1 is 0.919 bits per heavy atom. The molecule has 0 bridgehead atoms. The Hall–Kier alpha value is -7.46. The first-order chi connectivity index (χ1) is 35.8. The first kappa shape index (κ1) is 50.1. The van der Waals surface area contributed by atoms with Gasteiger partial charge in [0.25, 0.3) is 11.8 Å². The minimum absolute atomic E-state index is 0.0769. The third-order valence-electron chi connectivity index (χ3n) is 14.6. The molecular formula is C54H55Cl2N11O7. The van der Waals surface area contributed by atoms with E-state index in [1.54, 1.807) is 35.2 Å². The van der Waals surface area contributed by atoms with Gasteiger partial charge in [0.1, 0.15) is 35.8 Å². The molecule has 74 heavy (non-hydrogen) atoms. The number of halogens is 2. The van der Waals surface area contributed by atoms with Crippen LogP contribution in [0.5, 0.6) is 11.8 Å². The normalized spacial score (nSPS) is 19.7. The molecule has 10 rings (SSSR count). The molecule has 1 aromatic heterocycles. The van der Waals surface area contributed by atoms with Gasteiger partial charge in [-0.3, -0.25) is 24.5 Å². The maximum atomic E-state index is 14.1. The van der Waals surface area contributed by atoms with E-state index in [-0.39, 0.29) is 84.8 Å². The Balaban J connectivity index is 0.770. The molecule has 382 valence electrons. The molecule has 5 aromatic rings. The molecule has 3 saturated heterocycles. The lowest BCUT2D eigenvalue weighted by atomic mass is 10.0. The van der Waals surface area contributed by atoms with Gasteiger partial charge in [-0.2, -0.15) is 15.2 Å². The largest absolute Gasteiger partial charge is 0.487 e. The zero-order chi connectivity index (χ0) is 51.6. The molecule has 5 aliphatic rings. The lowest BCUT2D eigenvalue weighted by Crippen LogP contribution is -2.56. The number of imide groups is 1. The molecule has 0 spiro atoms. The van der Waals surface area contributed by atoms with Crippen LogP contribution < -0.4 is 35.2 Å². The van der Waals surface area contributed by atoms with Crippen LogP contribution in [0.25, 0.3) is 10.8 Å². The van der Waals surface area contributed by atoms with Crippen LogP contribution in [0.3, 0.4) is 0 Å². The SMILES string of the molecule is C=C(COc1cccc(NC(=O)NCc2ccc3c(c2)CN(C2CCC(=O)NC2=O)C3=O)c1Cl)C(=O)N1CCN(c2nc(OC[C@@H]3CCCN3C)nc3c2CCN(c2cccc4cccc(Cl)c24)C3)C[C@@H]1CC#N. The molecular weight excluding hydrogens is 986 g/mol. The third kappa shape index (κ3) is 10.4. The summed E-state index contributed by atoms with van der Waals surface area (Å²) in [7, 11) is 2.11. The lowest BCUT2D eigenvalue weighted by molar-refractivity contribution is -0.137. The summed E-state index contributed by atoms with van der Waals surface area (Å²) >= 11 is 13.5. The van der Waals surface area contributed by atoms with Crippen molar-refractivity contribution in [3.63, 3.8) is 0 Å². The maximum Gasteiger partial charge on any atom is 0.319 e. The number of ether oxygens (including phenoxy) is 2. The van der Waals surface area contributed by atoms with Crippen molar-refractivity contribution in [3.05, 3.63) is 123 Å². The second-order valence-corrected chi connectivity index (χ2v) is 20.1. The number of piperidine rings is 1. The van der Waals surface area contributed by atoms with E-state index >= 15 is 0 Å². The van der Waals surface area contributed by atoms with E-state index in [2.05, 4.69) is 68.5 Å². The molecule has 3 fully saturated rings. The number of anilines is 3. The van der Waals surface area contributed by atoms with Crippen molar-refractivity contribution in [1.82, 2.24) is 35.3 Å². The Bertz CT molecular complexity index is 3120. The number of nitrogens with zero attached hydrogens (tertiary/aromatic N) is 8. The second kappa shape index (κ2) is 21.6. The second-order valence-electron chi connectivity index (χ2n) is 19.3. The van der Waals surface area contributed by atoms with E-state index in [4.69, 9.17) is 42.6 Å². The molecule has 20 heteroatoms. The van der Waals surface area contributed by atoms with Crippen molar-refractivity contribution in [2.75, 3.05) is 68.1 Å². The van der Waals surface area contributed by atoms with Gasteiger partial charge >= 0.3 is 12.0 Å². The van der Waals surface area contributed by atoms with Crippen LogP contribution in [0, 0.1) is 11.3 Å². The Morgan fingerprint density at radius 3 is 2.54 bits per heavy atom. The molecule has 5 aliphatic heterocycles. The molecule has 18 nitrogen and oxygen atoms in total. The topological polar surface area (TPSA) is 206 Å². The number of fused-ring (bicyclic) bond motifs is 3. The van der Waals surface area contributed by atoms with Crippen molar-refractivity contribution in [1.29, 1.82) is 5.26 Å². The van der Waals surface area contributed by atoms with Crippen LogP contribution in [-0.4, -0.2) is 125 Å². The highest BCUT2D eigenvalue weighted by atomic mass is 35.5. The number of piperazine rings is 1. The maximum absolute atomic E-state index is 14.1. The summed E-state index contributed by atoms with van der Waals surface area (Å²) in [6.07, 6.45) is 3.30. The van der Waals surface area contributed by atoms with Crippen molar-refractivity contribution in [3.8, 4) is 17.8 Å². The zero-order valence-electron chi connectivity index (χ0n) is 40.9. The number of amides is 6. The van der Waals surface area contributed by atoms with Gasteiger partial charge in [-0.1, -0.05) is 72.2 Å². The van der Waals surface area contributed by atoms with Gasteiger partial charge in [-0.05, 0) is 86.1 Å². The average molecular weight is 1040 g/mol. The zero-order valence-corrected chi connectivity index (χ0v) is 42.4. The average Bonchev–Trinajstić information content (AvgIpc) is 3.97. The van der Waals surface area contributed by atoms with Crippen LogP contribution in [0.1, 0.15) is 64.8 Å². The van der Waals surface area contributed by atoms with Crippen LogP contribution in [-0.2, 0) is 40.4 Å². The number of carbonyl (C=O) groups excluding carboxylic acids is 5. The summed E-state index contributed by atoms with van der Waals surface area (Å²) in [6.45, 7) is 7.98. The van der Waals surface area contributed by atoms with Gasteiger partial charge in [0.05, 0.1) is 41.5 Å². The Kier molecular flexibility index (Phi) is 14.6. The minimum Gasteiger partial charge on any atom is -0.487 e. The fourth-order valence-electron chi connectivity index (χ4n) is 10.7. The number of likely N-dealkylation sites (N-methyl/N-ethyl adjacent to an activating group) is 1. The molecule has 4 aromatic carbocycles. The number of likely N-dealkylation sites (tertiary alicyclic amines) is 1. The van der Waals surface area contributed by atoms with Gasteiger partial charge in [0.15, 0.2) is 0 Å². The lowest BCUT2D eigenvalue weighted by Gasteiger charge is -2.42. The van der Waals surface area contributed by atoms with Crippen molar-refractivity contribution in [2.24, 2.45) is 0 Å². The number of nitriles is 1. The van der Waals surface area contributed by atoms with Gasteiger partial charge < -0.3 is 44.6 Å². The van der Waals surface area contributed by atoms with Crippen LogP contribution in [0.4, 0.5) is 22.0 Å². The molecule has 0 radical (unpaired) electrons. The molecule has 3 N–H and O–H groups in total. The van der Waals surface area contributed by atoms with Gasteiger partial charge in [0, 0.05) is 79.5 Å². The van der Waals surface area contributed by atoms with Gasteiger partial charge in [-0.15, -0.1) is 0 Å². The highest BCUT2D eigenvalue weighted by Gasteiger charge is 2.40. The highest BCUT2D eigenvalue weighted by Crippen LogP contribution is 2.38. The summed E-state index contributed by atoms with van der Waals surface area (Å²) in [5.41, 5.74) is 5.24. The fourth-order valence-corrected chi connectivity index (χ4v) is 11.2. The first-order valence-electron chi connectivity index (χ1n) is 24.8. The number of aromatic nitrogens is 2. The minimum atomic E-state index is -0.726. The standard InChI is InChI=1S/C54H55Cl2N11O7/c1-32(30-73-45-13-5-11-41(48(45)56)59-53(72)58-26-33-14-15-38-35(25-33)27-67(52(38)71)44-16-17-46(68)61-50(44)69)51(70)66-24-23-65(28-36(66)18-20-57)49-39-19-22-64(43-12-4-8-34-7-3-10-40(55)47(34)43)29-42(39)60-54(62-49)74-31-37-9-6-21-63(37)2/h3-5,7-8,10-15,25,36-37,44H,1,6,9,16-19,21-24,26-31H2,2H3,(H2,58,59,72)(H,61,68,69)/t36-,37-,44?/m0/s1. The molecule has 6 heterocycles. The van der Waals surface area contributed by atoms with Crippen LogP contribution in [0.2, 0.25) is 10.0 Å². The third-order valence-corrected chi connectivity index (χ3v) is 15.3. The van der Waals surface area contributed by atoms with E-state index < -0.39 is 24.0 Å². The number of urea groups is 1. The van der Waals surface area contributed by atoms with Crippen molar-refractivity contribution < 1.29 is 33.4 Å². The molecule has 6 amide bonds. The van der Waals surface area contributed by atoms with Crippen LogP contribution >= 0.6 is 23.2 Å². The van der Waals surface area contributed by atoms with Crippen molar-refractivity contribution >= 4 is 80.8 Å². The Morgan fingerprint density at radius 2 is 1.74 bits per heavy atom. The number of benzene rings is 4. The first-order valence-corrected chi connectivity index (χ1v) is 25.6. The van der Waals surface area contributed by atoms with Crippen LogP contribution in [0.15, 0.2) is 84.9 Å². The smallest absolute Gasteiger partial charge is 0.319 e. The van der Waals surface area contributed by atoms with E-state index in [1.807, 2.05) is 24.3 Å². The number of carbonyl (C=O) groups is 5. The predicted molar refractivity (Wildman–Crippen MR) is 279 cm³/mol. The number of hydrogen-bond acceptors (Lipinski definition) is 13.